The van der Waals surface area contributed by atoms with Crippen LogP contribution in [-0.2, 0) is 4.79 Å². The van der Waals surface area contributed by atoms with Crippen molar-refractivity contribution in [3.05, 3.63) is 0 Å². The van der Waals surface area contributed by atoms with Crippen LogP contribution in [0.1, 0.15) is 27.2 Å². The van der Waals surface area contributed by atoms with Crippen LogP contribution in [0.25, 0.3) is 0 Å². The first-order valence-corrected chi connectivity index (χ1v) is 5.92. The van der Waals surface area contributed by atoms with Gasteiger partial charge in [-0.15, -0.1) is 0 Å². The number of nitrogens with two attached hydrogens (primary N) is 1. The molecular formula is C12H24N2O. The van der Waals surface area contributed by atoms with Gasteiger partial charge in [-0.05, 0) is 24.2 Å². The third kappa shape index (κ3) is 3.20. The van der Waals surface area contributed by atoms with Crippen LogP contribution in [0.4, 0.5) is 0 Å². The zero-order valence-electron chi connectivity index (χ0n) is 10.4. The van der Waals surface area contributed by atoms with Crippen LogP contribution in [0.3, 0.4) is 0 Å². The fourth-order valence-corrected chi connectivity index (χ4v) is 2.04. The quantitative estimate of drug-likeness (QED) is 0.747. The van der Waals surface area contributed by atoms with E-state index in [1.807, 2.05) is 11.9 Å². The van der Waals surface area contributed by atoms with E-state index in [4.69, 9.17) is 5.73 Å². The van der Waals surface area contributed by atoms with Crippen LogP contribution >= 0.6 is 0 Å². The Morgan fingerprint density at radius 1 is 1.53 bits per heavy atom. The third-order valence-electron chi connectivity index (χ3n) is 3.54. The molecule has 3 heteroatoms. The van der Waals surface area contributed by atoms with Gasteiger partial charge in [0.25, 0.3) is 0 Å². The summed E-state index contributed by atoms with van der Waals surface area (Å²) in [5, 5.41) is 0. The molecule has 0 aromatic heterocycles. The smallest absolute Gasteiger partial charge is 0.226 e. The molecule has 1 rings (SSSR count). The van der Waals surface area contributed by atoms with E-state index in [-0.39, 0.29) is 11.8 Å². The number of carbonyl (C=O) groups excluding carboxylic acids is 1. The fourth-order valence-electron chi connectivity index (χ4n) is 2.04. The normalized spacial score (nSPS) is 26.5. The Bertz CT molecular complexity index is 228. The van der Waals surface area contributed by atoms with Gasteiger partial charge in [-0.25, -0.2) is 0 Å². The molecule has 1 saturated carbocycles. The summed E-state index contributed by atoms with van der Waals surface area (Å²) in [6.45, 7) is 7.72. The lowest BCUT2D eigenvalue weighted by atomic mass is 9.94. The summed E-state index contributed by atoms with van der Waals surface area (Å²) in [6.07, 6.45) is 1.27. The first-order chi connectivity index (χ1) is 6.97. The fraction of sp³-hybridized carbons (Fsp3) is 0.917. The minimum absolute atomic E-state index is 0.0101. The van der Waals surface area contributed by atoms with Gasteiger partial charge in [-0.2, -0.15) is 0 Å². The maximum Gasteiger partial charge on any atom is 0.226 e. The molecule has 0 radical (unpaired) electrons. The van der Waals surface area contributed by atoms with Gasteiger partial charge < -0.3 is 10.6 Å². The Labute approximate surface area is 93.0 Å². The molecule has 0 spiro atoms. The van der Waals surface area contributed by atoms with Crippen molar-refractivity contribution in [3.63, 3.8) is 0 Å². The largest absolute Gasteiger partial charge is 0.345 e. The van der Waals surface area contributed by atoms with Crippen LogP contribution in [0.5, 0.6) is 0 Å². The average molecular weight is 212 g/mol. The summed E-state index contributed by atoms with van der Waals surface area (Å²) in [4.78, 5) is 13.9. The van der Waals surface area contributed by atoms with Gasteiger partial charge in [-0.3, -0.25) is 4.79 Å². The highest BCUT2D eigenvalue weighted by molar-refractivity contribution is 5.79. The standard InChI is InChI=1S/C12H24N2O/c1-8(2)11(6-13)12(15)14(4)7-10-5-9(10)3/h8-11H,5-7,13H2,1-4H3. The SMILES string of the molecule is CC(C)C(CN)C(=O)N(C)CC1CC1C. The number of hydrogen-bond donors (Lipinski definition) is 1. The first-order valence-electron chi connectivity index (χ1n) is 5.92. The first kappa shape index (κ1) is 12.5. The Morgan fingerprint density at radius 2 is 2.07 bits per heavy atom. The number of nitrogens with zero attached hydrogens (tertiary/aromatic N) is 1. The summed E-state index contributed by atoms with van der Waals surface area (Å²) in [5.74, 6) is 2.07. The van der Waals surface area contributed by atoms with Gasteiger partial charge >= 0.3 is 0 Å². The summed E-state index contributed by atoms with van der Waals surface area (Å²) >= 11 is 0. The molecule has 3 unspecified atom stereocenters. The van der Waals surface area contributed by atoms with Crippen LogP contribution in [0.15, 0.2) is 0 Å². The average Bonchev–Trinajstić information content (AvgIpc) is 2.81. The number of amides is 1. The van der Waals surface area contributed by atoms with Crippen molar-refractivity contribution < 1.29 is 4.79 Å². The molecule has 3 atom stereocenters. The van der Waals surface area contributed by atoms with Gasteiger partial charge in [0.05, 0.1) is 5.92 Å². The van der Waals surface area contributed by atoms with E-state index in [1.165, 1.54) is 6.42 Å². The van der Waals surface area contributed by atoms with E-state index in [1.54, 1.807) is 0 Å². The predicted molar refractivity (Wildman–Crippen MR) is 62.3 cm³/mol. The van der Waals surface area contributed by atoms with Crippen molar-refractivity contribution in [1.82, 2.24) is 4.90 Å². The summed E-state index contributed by atoms with van der Waals surface area (Å²) in [7, 11) is 1.90. The van der Waals surface area contributed by atoms with Crippen LogP contribution in [-0.4, -0.2) is 30.9 Å². The number of carbonyl (C=O) groups is 1. The zero-order chi connectivity index (χ0) is 11.6. The molecule has 0 bridgehead atoms. The predicted octanol–water partition coefficient (Wildman–Crippen LogP) is 1.33. The topological polar surface area (TPSA) is 46.3 Å². The van der Waals surface area contributed by atoms with Crippen molar-refractivity contribution in [2.24, 2.45) is 29.4 Å². The summed E-state index contributed by atoms with van der Waals surface area (Å²) in [5.41, 5.74) is 5.64. The molecule has 0 heterocycles. The third-order valence-corrected chi connectivity index (χ3v) is 3.54. The molecule has 0 aromatic carbocycles. The molecule has 0 saturated heterocycles. The van der Waals surface area contributed by atoms with E-state index in [2.05, 4.69) is 20.8 Å². The number of hydrogen-bond acceptors (Lipinski definition) is 2. The molecule has 0 aromatic rings. The lowest BCUT2D eigenvalue weighted by Crippen LogP contribution is -2.40. The van der Waals surface area contributed by atoms with Gasteiger partial charge in [0.2, 0.25) is 5.91 Å². The van der Waals surface area contributed by atoms with E-state index in [0.29, 0.717) is 12.5 Å². The lowest BCUT2D eigenvalue weighted by Gasteiger charge is -2.25. The summed E-state index contributed by atoms with van der Waals surface area (Å²) < 4.78 is 0. The maximum atomic E-state index is 12.0. The van der Waals surface area contributed by atoms with E-state index < -0.39 is 0 Å². The molecular weight excluding hydrogens is 188 g/mol. The molecule has 1 fully saturated rings. The van der Waals surface area contributed by atoms with Crippen molar-refractivity contribution >= 4 is 5.91 Å². The van der Waals surface area contributed by atoms with E-state index >= 15 is 0 Å². The molecule has 2 N–H and O–H groups in total. The van der Waals surface area contributed by atoms with Gasteiger partial charge in [-0.1, -0.05) is 20.8 Å². The second-order valence-electron chi connectivity index (χ2n) is 5.28. The molecule has 3 nitrogen and oxygen atoms in total. The Hall–Kier alpha value is -0.570. The minimum Gasteiger partial charge on any atom is -0.345 e. The summed E-state index contributed by atoms with van der Waals surface area (Å²) in [6, 6.07) is 0. The second-order valence-corrected chi connectivity index (χ2v) is 5.28. The highest BCUT2D eigenvalue weighted by Crippen LogP contribution is 2.38. The Morgan fingerprint density at radius 3 is 2.40 bits per heavy atom. The molecule has 0 aliphatic heterocycles. The second kappa shape index (κ2) is 4.97. The van der Waals surface area contributed by atoms with Crippen molar-refractivity contribution in [3.8, 4) is 0 Å². The van der Waals surface area contributed by atoms with Crippen molar-refractivity contribution in [2.45, 2.75) is 27.2 Å². The monoisotopic (exact) mass is 212 g/mol. The van der Waals surface area contributed by atoms with Gasteiger partial charge in [0.1, 0.15) is 0 Å². The minimum atomic E-state index is -0.0101. The molecule has 88 valence electrons. The molecule has 15 heavy (non-hydrogen) atoms. The number of rotatable bonds is 5. The molecule has 1 aliphatic carbocycles. The molecule has 1 amide bonds. The van der Waals surface area contributed by atoms with E-state index in [9.17, 15) is 4.79 Å². The Kier molecular flexibility index (Phi) is 4.14. The van der Waals surface area contributed by atoms with E-state index in [0.717, 1.165) is 18.4 Å². The van der Waals surface area contributed by atoms with Crippen molar-refractivity contribution in [1.29, 1.82) is 0 Å². The molecule has 1 aliphatic rings. The van der Waals surface area contributed by atoms with Crippen LogP contribution in [0, 0.1) is 23.7 Å². The van der Waals surface area contributed by atoms with Crippen LogP contribution < -0.4 is 5.73 Å². The highest BCUT2D eigenvalue weighted by Gasteiger charge is 2.35. The van der Waals surface area contributed by atoms with Gasteiger partial charge in [0.15, 0.2) is 0 Å². The lowest BCUT2D eigenvalue weighted by molar-refractivity contribution is -0.135. The Balaban J connectivity index is 2.43. The van der Waals surface area contributed by atoms with Gasteiger partial charge in [0, 0.05) is 20.1 Å². The van der Waals surface area contributed by atoms with Crippen LogP contribution in [0.2, 0.25) is 0 Å². The zero-order valence-corrected chi connectivity index (χ0v) is 10.4. The highest BCUT2D eigenvalue weighted by atomic mass is 16.2. The van der Waals surface area contributed by atoms with Crippen molar-refractivity contribution in [2.75, 3.05) is 20.1 Å². The maximum absolute atomic E-state index is 12.0.